The van der Waals surface area contributed by atoms with Crippen LogP contribution in [0.2, 0.25) is 0 Å². The number of benzene rings is 1. The van der Waals surface area contributed by atoms with Crippen LogP contribution in [0.15, 0.2) is 23.4 Å². The minimum absolute atomic E-state index is 0.0762. The van der Waals surface area contributed by atoms with Gasteiger partial charge in [0.2, 0.25) is 5.91 Å². The van der Waals surface area contributed by atoms with Crippen molar-refractivity contribution < 1.29 is 28.6 Å². The second-order valence-electron chi connectivity index (χ2n) is 9.07. The highest BCUT2D eigenvalue weighted by Gasteiger charge is 2.27. The van der Waals surface area contributed by atoms with Crippen molar-refractivity contribution in [3.05, 3.63) is 45.6 Å². The fraction of sp³-hybridized carbons (Fsp3) is 0.444. The maximum atomic E-state index is 12.9. The van der Waals surface area contributed by atoms with Gasteiger partial charge in [-0.05, 0) is 50.3 Å². The van der Waals surface area contributed by atoms with Crippen molar-refractivity contribution in [3.63, 3.8) is 0 Å². The highest BCUT2D eigenvalue weighted by atomic mass is 32.2. The number of anilines is 1. The van der Waals surface area contributed by atoms with Gasteiger partial charge in [0, 0.05) is 23.6 Å². The number of fused-ring (bicyclic) bond motifs is 1. The van der Waals surface area contributed by atoms with Gasteiger partial charge < -0.3 is 29.4 Å². The molecule has 2 heterocycles. The zero-order valence-electron chi connectivity index (χ0n) is 23.0. The van der Waals surface area contributed by atoms with Gasteiger partial charge in [0.25, 0.3) is 5.91 Å². The zero-order valence-corrected chi connectivity index (χ0v) is 24.6. The molecule has 214 valence electrons. The molecule has 0 saturated carbocycles. The molecule has 2 N–H and O–H groups in total. The zero-order chi connectivity index (χ0) is 28.6. The fourth-order valence-electron chi connectivity index (χ4n) is 4.37. The first-order chi connectivity index (χ1) is 19.3. The van der Waals surface area contributed by atoms with Crippen molar-refractivity contribution in [1.82, 2.24) is 20.1 Å². The molecule has 1 aromatic carbocycles. The van der Waals surface area contributed by atoms with Crippen LogP contribution in [0.25, 0.3) is 0 Å². The van der Waals surface area contributed by atoms with Crippen LogP contribution in [-0.2, 0) is 36.0 Å². The fourth-order valence-corrected chi connectivity index (χ4v) is 6.39. The quantitative estimate of drug-likeness (QED) is 0.194. The van der Waals surface area contributed by atoms with E-state index in [9.17, 15) is 14.4 Å². The van der Waals surface area contributed by atoms with Crippen molar-refractivity contribution in [2.24, 2.45) is 7.05 Å². The number of rotatable bonds is 11. The summed E-state index contributed by atoms with van der Waals surface area (Å²) in [5, 5.41) is 15.1. The Bertz CT molecular complexity index is 1360. The average Bonchev–Trinajstić information content (AvgIpc) is 3.39. The minimum atomic E-state index is -0.391. The molecule has 13 heteroatoms. The van der Waals surface area contributed by atoms with Gasteiger partial charge in [-0.1, -0.05) is 18.2 Å². The van der Waals surface area contributed by atoms with Crippen molar-refractivity contribution >= 4 is 45.9 Å². The molecule has 0 saturated heterocycles. The first-order valence-corrected chi connectivity index (χ1v) is 14.8. The average molecular weight is 588 g/mol. The first-order valence-electron chi connectivity index (χ1n) is 13.0. The molecule has 1 aliphatic rings. The summed E-state index contributed by atoms with van der Waals surface area (Å²) in [4.78, 5) is 39.5. The normalized spacial score (nSPS) is 12.7. The summed E-state index contributed by atoms with van der Waals surface area (Å²) >= 11 is 2.69. The number of thiophene rings is 1. The molecule has 11 nitrogen and oxygen atoms in total. The molecule has 0 unspecified atom stereocenters. The Hall–Kier alpha value is -3.58. The third kappa shape index (κ3) is 6.94. The van der Waals surface area contributed by atoms with Gasteiger partial charge in [0.15, 0.2) is 11.0 Å². The maximum Gasteiger partial charge on any atom is 0.341 e. The lowest BCUT2D eigenvalue weighted by Crippen LogP contribution is -2.24. The van der Waals surface area contributed by atoms with Crippen molar-refractivity contribution in [2.75, 3.05) is 31.9 Å². The SMILES string of the molecule is CCOC(=O)c1c(NC(=O)CSc2nnc(CNC(=O)c3cc(OC)cc(OC)c3)n2C)sc2c1CCCCC2. The van der Waals surface area contributed by atoms with Crippen LogP contribution in [-0.4, -0.2) is 59.1 Å². The number of nitrogens with zero attached hydrogens (tertiary/aromatic N) is 3. The summed E-state index contributed by atoms with van der Waals surface area (Å²) in [5.74, 6) is 0.653. The first kappa shape index (κ1) is 29.4. The number of carbonyl (C=O) groups excluding carboxylic acids is 3. The van der Waals surface area contributed by atoms with Gasteiger partial charge in [-0.15, -0.1) is 21.5 Å². The van der Waals surface area contributed by atoms with Crippen molar-refractivity contribution in [3.8, 4) is 11.5 Å². The standard InChI is InChI=1S/C27H33N5O6S2/c1-5-38-26(35)23-19-9-7-6-8-10-20(19)40-25(23)29-22(33)15-39-27-31-30-21(32(27)2)14-28-24(34)16-11-17(36-3)13-18(12-16)37-4/h11-13H,5-10,14-15H2,1-4H3,(H,28,34)(H,29,33). The smallest absolute Gasteiger partial charge is 0.341 e. The van der Waals surface area contributed by atoms with Gasteiger partial charge in [-0.25, -0.2) is 4.79 Å². The second-order valence-corrected chi connectivity index (χ2v) is 11.1. The second kappa shape index (κ2) is 13.7. The number of ether oxygens (including phenoxy) is 3. The Morgan fingerprint density at radius 1 is 1.05 bits per heavy atom. The van der Waals surface area contributed by atoms with E-state index in [4.69, 9.17) is 14.2 Å². The van der Waals surface area contributed by atoms with Gasteiger partial charge in [-0.3, -0.25) is 9.59 Å². The Morgan fingerprint density at radius 3 is 2.48 bits per heavy atom. The van der Waals surface area contributed by atoms with E-state index in [1.54, 1.807) is 36.7 Å². The Labute approximate surface area is 241 Å². The largest absolute Gasteiger partial charge is 0.497 e. The van der Waals surface area contributed by atoms with Gasteiger partial charge >= 0.3 is 5.97 Å². The number of esters is 1. The molecule has 1 aliphatic carbocycles. The van der Waals surface area contributed by atoms with Crippen LogP contribution in [0.3, 0.4) is 0 Å². The van der Waals surface area contributed by atoms with Crippen molar-refractivity contribution in [2.45, 2.75) is 50.7 Å². The van der Waals surface area contributed by atoms with Crippen LogP contribution in [0.1, 0.15) is 63.2 Å². The number of aromatic nitrogens is 3. The van der Waals surface area contributed by atoms with E-state index in [1.807, 2.05) is 0 Å². The Morgan fingerprint density at radius 2 is 1.77 bits per heavy atom. The molecule has 0 radical (unpaired) electrons. The van der Waals surface area contributed by atoms with E-state index in [2.05, 4.69) is 20.8 Å². The third-order valence-corrected chi connectivity index (χ3v) is 8.66. The molecule has 0 fully saturated rings. The number of amides is 2. The minimum Gasteiger partial charge on any atom is -0.497 e. The number of nitrogens with one attached hydrogen (secondary N) is 2. The Balaban J connectivity index is 1.37. The highest BCUT2D eigenvalue weighted by Crippen LogP contribution is 2.38. The van der Waals surface area contributed by atoms with E-state index in [1.165, 1.54) is 37.3 Å². The van der Waals surface area contributed by atoms with Crippen LogP contribution in [0.4, 0.5) is 5.00 Å². The molecule has 0 bridgehead atoms. The summed E-state index contributed by atoms with van der Waals surface area (Å²) < 4.78 is 17.5. The highest BCUT2D eigenvalue weighted by molar-refractivity contribution is 7.99. The molecule has 40 heavy (non-hydrogen) atoms. The van der Waals surface area contributed by atoms with E-state index in [0.29, 0.717) is 38.6 Å². The van der Waals surface area contributed by atoms with Crippen LogP contribution in [0, 0.1) is 0 Å². The molecule has 2 amide bonds. The summed E-state index contributed by atoms with van der Waals surface area (Å²) in [6.07, 6.45) is 4.93. The lowest BCUT2D eigenvalue weighted by Gasteiger charge is -2.09. The number of hydrogen-bond acceptors (Lipinski definition) is 10. The summed E-state index contributed by atoms with van der Waals surface area (Å²) in [6.45, 7) is 2.18. The number of methoxy groups -OCH3 is 2. The third-order valence-electron chi connectivity index (χ3n) is 6.43. The van der Waals surface area contributed by atoms with Crippen LogP contribution in [0.5, 0.6) is 11.5 Å². The molecular formula is C27H33N5O6S2. The van der Waals surface area contributed by atoms with Gasteiger partial charge in [0.1, 0.15) is 16.5 Å². The van der Waals surface area contributed by atoms with Crippen LogP contribution < -0.4 is 20.1 Å². The summed E-state index contributed by atoms with van der Waals surface area (Å²) in [7, 11) is 4.80. The van der Waals surface area contributed by atoms with Crippen molar-refractivity contribution in [1.29, 1.82) is 0 Å². The molecule has 2 aromatic heterocycles. The monoisotopic (exact) mass is 587 g/mol. The lowest BCUT2D eigenvalue weighted by molar-refractivity contribution is -0.113. The molecule has 3 aromatic rings. The van der Waals surface area contributed by atoms with E-state index in [-0.39, 0.29) is 30.7 Å². The topological polar surface area (TPSA) is 134 Å². The summed E-state index contributed by atoms with van der Waals surface area (Å²) in [6, 6.07) is 4.92. The molecule has 0 spiro atoms. The number of thioether (sulfide) groups is 1. The summed E-state index contributed by atoms with van der Waals surface area (Å²) in [5.41, 5.74) is 1.89. The number of aryl methyl sites for hydroxylation is 1. The predicted molar refractivity (Wildman–Crippen MR) is 153 cm³/mol. The van der Waals surface area contributed by atoms with E-state index < -0.39 is 5.97 Å². The number of carbonyl (C=O) groups is 3. The Kier molecular flexibility index (Phi) is 10.0. The van der Waals surface area contributed by atoms with E-state index >= 15 is 0 Å². The molecule has 0 aliphatic heterocycles. The lowest BCUT2D eigenvalue weighted by atomic mass is 10.1. The molecular weight excluding hydrogens is 554 g/mol. The number of hydrogen-bond donors (Lipinski definition) is 2. The van der Waals surface area contributed by atoms with Gasteiger partial charge in [0.05, 0.1) is 38.7 Å². The molecule has 0 atom stereocenters. The van der Waals surface area contributed by atoms with Crippen LogP contribution >= 0.6 is 23.1 Å². The maximum absolute atomic E-state index is 12.9. The predicted octanol–water partition coefficient (Wildman–Crippen LogP) is 4.00. The van der Waals surface area contributed by atoms with E-state index in [0.717, 1.165) is 42.5 Å². The van der Waals surface area contributed by atoms with Gasteiger partial charge in [-0.2, -0.15) is 0 Å². The molecule has 4 rings (SSSR count).